The van der Waals surface area contributed by atoms with Crippen LogP contribution >= 0.6 is 0 Å². The molecule has 2 saturated heterocycles. The number of hydrogen-bond donors (Lipinski definition) is 1. The van der Waals surface area contributed by atoms with Crippen LogP contribution in [0.5, 0.6) is 0 Å². The molecular formula is C27H33N3O6. The number of amides is 2. The highest BCUT2D eigenvalue weighted by Gasteiger charge is 2.72. The SMILES string of the molecule is CCN(CC)c1ccc(N2CC=CC34O[C@@H]5C=CCOC(=O)[C@@H]5[C@H]3C(=O)N(C(C)CO)[C@@H]4C2=O)cc1. The topological polar surface area (TPSA) is 99.6 Å². The first-order valence-corrected chi connectivity index (χ1v) is 12.7. The quantitative estimate of drug-likeness (QED) is 0.472. The van der Waals surface area contributed by atoms with Crippen LogP contribution in [0.4, 0.5) is 11.4 Å². The molecule has 0 radical (unpaired) electrons. The van der Waals surface area contributed by atoms with Crippen LogP contribution in [-0.4, -0.2) is 84.4 Å². The number of likely N-dealkylation sites (tertiary alicyclic amines) is 1. The van der Waals surface area contributed by atoms with Crippen molar-refractivity contribution >= 4 is 29.2 Å². The zero-order valence-electron chi connectivity index (χ0n) is 20.9. The number of carbonyl (C=O) groups excluding carboxylic acids is 3. The number of aliphatic hydroxyl groups excluding tert-OH is 1. The van der Waals surface area contributed by atoms with Gasteiger partial charge in [0.15, 0.2) is 0 Å². The van der Waals surface area contributed by atoms with E-state index in [1.54, 1.807) is 30.1 Å². The third-order valence-electron chi connectivity index (χ3n) is 7.88. The molecule has 192 valence electrons. The lowest BCUT2D eigenvalue weighted by atomic mass is 9.78. The van der Waals surface area contributed by atoms with Gasteiger partial charge < -0.3 is 29.3 Å². The van der Waals surface area contributed by atoms with Gasteiger partial charge in [0.2, 0.25) is 5.91 Å². The number of ether oxygens (including phenoxy) is 2. The van der Waals surface area contributed by atoms with E-state index in [0.29, 0.717) is 12.2 Å². The molecule has 0 saturated carbocycles. The molecule has 2 amide bonds. The number of carbonyl (C=O) groups is 3. The molecule has 4 heterocycles. The van der Waals surface area contributed by atoms with E-state index < -0.39 is 41.6 Å². The molecule has 9 heteroatoms. The molecule has 1 aromatic rings. The van der Waals surface area contributed by atoms with E-state index in [-0.39, 0.29) is 25.0 Å². The van der Waals surface area contributed by atoms with Crippen LogP contribution in [-0.2, 0) is 23.9 Å². The van der Waals surface area contributed by atoms with Crippen LogP contribution in [0.2, 0.25) is 0 Å². The highest BCUT2D eigenvalue weighted by Crippen LogP contribution is 2.53. The number of fused-ring (bicyclic) bond motifs is 2. The van der Waals surface area contributed by atoms with Crippen molar-refractivity contribution in [1.82, 2.24) is 4.90 Å². The lowest BCUT2D eigenvalue weighted by Gasteiger charge is -2.37. The summed E-state index contributed by atoms with van der Waals surface area (Å²) in [4.78, 5) is 46.2. The fraction of sp³-hybridized carbons (Fsp3) is 0.519. The summed E-state index contributed by atoms with van der Waals surface area (Å²) in [6.45, 7) is 7.73. The smallest absolute Gasteiger partial charge is 0.313 e. The second-order valence-electron chi connectivity index (χ2n) is 9.72. The molecule has 2 fully saturated rings. The van der Waals surface area contributed by atoms with Gasteiger partial charge in [-0.05, 0) is 51.1 Å². The predicted octanol–water partition coefficient (Wildman–Crippen LogP) is 1.51. The first kappa shape index (κ1) is 24.5. The fourth-order valence-electron chi connectivity index (χ4n) is 6.13. The Balaban J connectivity index is 1.56. The Labute approximate surface area is 210 Å². The van der Waals surface area contributed by atoms with Crippen molar-refractivity contribution < 1.29 is 29.0 Å². The highest BCUT2D eigenvalue weighted by molar-refractivity contribution is 6.05. The van der Waals surface area contributed by atoms with Gasteiger partial charge in [0.05, 0.1) is 24.7 Å². The molecule has 1 N–H and O–H groups in total. The summed E-state index contributed by atoms with van der Waals surface area (Å²) < 4.78 is 11.8. The Morgan fingerprint density at radius 1 is 1.11 bits per heavy atom. The van der Waals surface area contributed by atoms with Crippen molar-refractivity contribution in [2.75, 3.05) is 42.6 Å². The first-order chi connectivity index (χ1) is 17.4. The molecule has 0 aliphatic carbocycles. The van der Waals surface area contributed by atoms with Crippen LogP contribution < -0.4 is 9.80 Å². The van der Waals surface area contributed by atoms with Gasteiger partial charge in [0.1, 0.15) is 24.2 Å². The zero-order chi connectivity index (χ0) is 25.6. The fourth-order valence-corrected chi connectivity index (χ4v) is 6.13. The maximum atomic E-state index is 14.2. The number of anilines is 2. The Kier molecular flexibility index (Phi) is 6.38. The minimum atomic E-state index is -1.33. The Morgan fingerprint density at radius 3 is 2.50 bits per heavy atom. The monoisotopic (exact) mass is 495 g/mol. The van der Waals surface area contributed by atoms with Crippen LogP contribution in [0.1, 0.15) is 20.8 Å². The van der Waals surface area contributed by atoms with E-state index >= 15 is 0 Å². The standard InChI is InChI=1S/C27H33N3O6/c1-4-28(5-2)18-9-11-19(12-10-18)29-14-7-13-27-22(21-20(36-27)8-6-15-35-26(21)34)24(32)30(17(3)16-31)23(27)25(29)33/h6-13,17,20-23,31H,4-5,14-16H2,1-3H3/t17?,20-,21+,22+,23-,27?/m1/s1. The molecule has 0 bridgehead atoms. The third-order valence-corrected chi connectivity index (χ3v) is 7.88. The van der Waals surface area contributed by atoms with Gasteiger partial charge in [-0.1, -0.05) is 18.2 Å². The lowest BCUT2D eigenvalue weighted by Crippen LogP contribution is -2.57. The molecule has 9 nitrogen and oxygen atoms in total. The molecule has 36 heavy (non-hydrogen) atoms. The molecular weight excluding hydrogens is 462 g/mol. The van der Waals surface area contributed by atoms with Gasteiger partial charge in [-0.3, -0.25) is 14.4 Å². The minimum Gasteiger partial charge on any atom is -0.461 e. The number of esters is 1. The second kappa shape index (κ2) is 9.37. The van der Waals surface area contributed by atoms with E-state index in [9.17, 15) is 19.5 Å². The molecule has 1 aromatic carbocycles. The van der Waals surface area contributed by atoms with E-state index in [0.717, 1.165) is 18.8 Å². The maximum absolute atomic E-state index is 14.2. The van der Waals surface area contributed by atoms with Gasteiger partial charge in [-0.15, -0.1) is 0 Å². The van der Waals surface area contributed by atoms with Crippen LogP contribution in [0.3, 0.4) is 0 Å². The number of rotatable bonds is 6. The van der Waals surface area contributed by atoms with E-state index in [1.165, 1.54) is 4.90 Å². The van der Waals surface area contributed by atoms with Gasteiger partial charge in [-0.2, -0.15) is 0 Å². The second-order valence-corrected chi connectivity index (χ2v) is 9.72. The number of cyclic esters (lactones) is 1. The summed E-state index contributed by atoms with van der Waals surface area (Å²) in [7, 11) is 0. The minimum absolute atomic E-state index is 0.120. The van der Waals surface area contributed by atoms with Crippen molar-refractivity contribution in [2.45, 2.75) is 44.6 Å². The zero-order valence-corrected chi connectivity index (χ0v) is 20.9. The van der Waals surface area contributed by atoms with Crippen molar-refractivity contribution in [3.8, 4) is 0 Å². The summed E-state index contributed by atoms with van der Waals surface area (Å²) in [5.41, 5.74) is 0.439. The van der Waals surface area contributed by atoms with E-state index in [4.69, 9.17) is 9.47 Å². The third kappa shape index (κ3) is 3.56. The molecule has 0 aromatic heterocycles. The summed E-state index contributed by atoms with van der Waals surface area (Å²) in [6.07, 6.45) is 6.41. The van der Waals surface area contributed by atoms with Crippen LogP contribution in [0, 0.1) is 11.8 Å². The molecule has 2 unspecified atom stereocenters. The molecule has 1 spiro atoms. The van der Waals surface area contributed by atoms with Crippen molar-refractivity contribution in [3.63, 3.8) is 0 Å². The normalized spacial score (nSPS) is 31.9. The van der Waals surface area contributed by atoms with Gasteiger partial charge >= 0.3 is 5.97 Å². The molecule has 5 rings (SSSR count). The first-order valence-electron chi connectivity index (χ1n) is 12.7. The summed E-state index contributed by atoms with van der Waals surface area (Å²) in [5, 5.41) is 9.98. The van der Waals surface area contributed by atoms with E-state index in [1.807, 2.05) is 30.3 Å². The summed E-state index contributed by atoms with van der Waals surface area (Å²) >= 11 is 0. The average Bonchev–Trinajstić information content (AvgIpc) is 3.19. The Morgan fingerprint density at radius 2 is 1.83 bits per heavy atom. The Hall–Kier alpha value is -3.17. The summed E-state index contributed by atoms with van der Waals surface area (Å²) in [5.74, 6) is -2.96. The van der Waals surface area contributed by atoms with Crippen molar-refractivity contribution in [2.24, 2.45) is 11.8 Å². The van der Waals surface area contributed by atoms with Crippen molar-refractivity contribution in [3.05, 3.63) is 48.6 Å². The van der Waals surface area contributed by atoms with E-state index in [2.05, 4.69) is 18.7 Å². The number of hydrogen-bond acceptors (Lipinski definition) is 7. The maximum Gasteiger partial charge on any atom is 0.313 e. The molecule has 4 aliphatic heterocycles. The molecule has 6 atom stereocenters. The number of nitrogens with zero attached hydrogens (tertiary/aromatic N) is 3. The largest absolute Gasteiger partial charge is 0.461 e. The lowest BCUT2D eigenvalue weighted by molar-refractivity contribution is -0.153. The van der Waals surface area contributed by atoms with Gasteiger partial charge in [0, 0.05) is 31.0 Å². The van der Waals surface area contributed by atoms with Gasteiger partial charge in [-0.25, -0.2) is 0 Å². The number of benzene rings is 1. The predicted molar refractivity (Wildman–Crippen MR) is 133 cm³/mol. The number of aliphatic hydroxyl groups is 1. The average molecular weight is 496 g/mol. The van der Waals surface area contributed by atoms with Crippen molar-refractivity contribution in [1.29, 1.82) is 0 Å². The highest BCUT2D eigenvalue weighted by atomic mass is 16.6. The molecule has 4 aliphatic rings. The van der Waals surface area contributed by atoms with Gasteiger partial charge in [0.25, 0.3) is 5.91 Å². The summed E-state index contributed by atoms with van der Waals surface area (Å²) in [6, 6.07) is 6.14. The van der Waals surface area contributed by atoms with Crippen LogP contribution in [0.15, 0.2) is 48.6 Å². The Bertz CT molecular complexity index is 1100. The van der Waals surface area contributed by atoms with Crippen LogP contribution in [0.25, 0.3) is 0 Å².